The Kier molecular flexibility index (Phi) is 4.13. The summed E-state index contributed by atoms with van der Waals surface area (Å²) in [4.78, 5) is 11.8. The first kappa shape index (κ1) is 13.2. The molecule has 4 N–H and O–H groups in total. The van der Waals surface area contributed by atoms with Crippen LogP contribution in [0.25, 0.3) is 0 Å². The third kappa shape index (κ3) is 2.84. The molecule has 0 heterocycles. The van der Waals surface area contributed by atoms with Gasteiger partial charge in [0, 0.05) is 5.03 Å². The average Bonchev–Trinajstić information content (AvgIpc) is 2.20. The normalized spacial score (nSPS) is 29.1. The Hall–Kier alpha value is -0.840. The van der Waals surface area contributed by atoms with Crippen molar-refractivity contribution in [2.24, 2.45) is 17.4 Å². The molecule has 0 bridgehead atoms. The van der Waals surface area contributed by atoms with Crippen LogP contribution in [0.1, 0.15) is 13.8 Å². The molecule has 0 amide bonds. The number of carbonyl (C=O) groups is 1. The second kappa shape index (κ2) is 4.99. The molecule has 2 atom stereocenters. The summed E-state index contributed by atoms with van der Waals surface area (Å²) in [6.07, 6.45) is 4.59. The summed E-state index contributed by atoms with van der Waals surface area (Å²) in [6.45, 7) is 4.23. The van der Waals surface area contributed by atoms with Gasteiger partial charge in [0.1, 0.15) is 0 Å². The smallest absolute Gasteiger partial charge is 0.332 e. The zero-order chi connectivity index (χ0) is 12.3. The topological polar surface area (TPSA) is 78.3 Å². The summed E-state index contributed by atoms with van der Waals surface area (Å²) in [7, 11) is 0. The fraction of sp³-hybridized carbons (Fsp3) is 0.545. The zero-order valence-corrected chi connectivity index (χ0v) is 10.2. The number of carbonyl (C=O) groups excluding carboxylic acids is 1. The monoisotopic (exact) mass is 244 g/mol. The largest absolute Gasteiger partial charge is 0.464 e. The molecule has 0 radical (unpaired) electrons. The van der Waals surface area contributed by atoms with Gasteiger partial charge in [0.25, 0.3) is 0 Å². The molecule has 1 aliphatic rings. The number of allylic oxidation sites excluding steroid dienone is 2. The van der Waals surface area contributed by atoms with Crippen molar-refractivity contribution in [3.05, 3.63) is 23.3 Å². The fourth-order valence-electron chi connectivity index (χ4n) is 1.27. The van der Waals surface area contributed by atoms with Crippen molar-refractivity contribution in [2.75, 3.05) is 6.61 Å². The second-order valence-corrected chi connectivity index (χ2v) is 4.77. The summed E-state index contributed by atoms with van der Waals surface area (Å²) in [5, 5.41) is 0.477. The highest BCUT2D eigenvalue weighted by atomic mass is 35.5. The van der Waals surface area contributed by atoms with Gasteiger partial charge in [-0.1, -0.05) is 31.5 Å². The molecule has 0 aromatic carbocycles. The van der Waals surface area contributed by atoms with E-state index in [2.05, 4.69) is 0 Å². The maximum Gasteiger partial charge on any atom is 0.332 e. The van der Waals surface area contributed by atoms with Crippen molar-refractivity contribution in [1.82, 2.24) is 0 Å². The Balaban J connectivity index is 2.72. The Morgan fingerprint density at radius 2 is 2.31 bits per heavy atom. The van der Waals surface area contributed by atoms with Crippen LogP contribution >= 0.6 is 11.6 Å². The first-order valence-electron chi connectivity index (χ1n) is 5.14. The molecule has 5 heteroatoms. The van der Waals surface area contributed by atoms with Crippen LogP contribution in [0.4, 0.5) is 0 Å². The first-order valence-corrected chi connectivity index (χ1v) is 5.52. The fourth-order valence-corrected chi connectivity index (χ4v) is 1.46. The molecule has 2 unspecified atom stereocenters. The van der Waals surface area contributed by atoms with Gasteiger partial charge in [0.15, 0.2) is 5.54 Å². The quantitative estimate of drug-likeness (QED) is 0.724. The van der Waals surface area contributed by atoms with Crippen LogP contribution in [-0.4, -0.2) is 24.2 Å². The predicted octanol–water partition coefficient (Wildman–Crippen LogP) is 0.903. The number of ether oxygens (including phenoxy) is 1. The number of hydrogen-bond acceptors (Lipinski definition) is 4. The van der Waals surface area contributed by atoms with E-state index in [1.165, 1.54) is 12.2 Å². The molecule has 0 saturated carbocycles. The van der Waals surface area contributed by atoms with Gasteiger partial charge in [-0.15, -0.1) is 0 Å². The molecule has 0 aromatic heterocycles. The lowest BCUT2D eigenvalue weighted by Crippen LogP contribution is -2.60. The number of nitrogens with two attached hydrogens (primary N) is 2. The Bertz CT molecular complexity index is 339. The van der Waals surface area contributed by atoms with Gasteiger partial charge in [-0.05, 0) is 18.1 Å². The maximum atomic E-state index is 11.8. The SMILES string of the molecule is CC(C)COC(=O)C1(N)C=CC(Cl)=CC1N. The molecule has 16 heavy (non-hydrogen) atoms. The van der Waals surface area contributed by atoms with Gasteiger partial charge in [-0.25, -0.2) is 4.79 Å². The summed E-state index contributed by atoms with van der Waals surface area (Å²) in [5.74, 6) is -0.263. The number of hydrogen-bond donors (Lipinski definition) is 2. The van der Waals surface area contributed by atoms with Gasteiger partial charge in [0.2, 0.25) is 0 Å². The Morgan fingerprint density at radius 1 is 1.69 bits per heavy atom. The standard InChI is InChI=1S/C11H17ClN2O2/c1-7(2)6-16-10(15)11(14)4-3-8(12)5-9(11)13/h3-5,7,9H,6,13-14H2,1-2H3. The Morgan fingerprint density at radius 3 is 2.81 bits per heavy atom. The van der Waals surface area contributed by atoms with Gasteiger partial charge < -0.3 is 16.2 Å². The summed E-state index contributed by atoms with van der Waals surface area (Å²) in [5.41, 5.74) is 10.4. The van der Waals surface area contributed by atoms with Crippen molar-refractivity contribution >= 4 is 17.6 Å². The number of halogens is 1. The van der Waals surface area contributed by atoms with Crippen molar-refractivity contribution in [1.29, 1.82) is 0 Å². The van der Waals surface area contributed by atoms with E-state index in [1.807, 2.05) is 13.8 Å². The summed E-state index contributed by atoms with van der Waals surface area (Å²) < 4.78 is 5.08. The van der Waals surface area contributed by atoms with Crippen molar-refractivity contribution in [3.8, 4) is 0 Å². The van der Waals surface area contributed by atoms with E-state index < -0.39 is 17.6 Å². The van der Waals surface area contributed by atoms with E-state index in [0.29, 0.717) is 11.6 Å². The summed E-state index contributed by atoms with van der Waals surface area (Å²) >= 11 is 5.76. The van der Waals surface area contributed by atoms with E-state index in [0.717, 1.165) is 0 Å². The molecule has 0 aliphatic heterocycles. The zero-order valence-electron chi connectivity index (χ0n) is 9.44. The van der Waals surface area contributed by atoms with Crippen molar-refractivity contribution in [3.63, 3.8) is 0 Å². The summed E-state index contributed by atoms with van der Waals surface area (Å²) in [6, 6.07) is -0.662. The van der Waals surface area contributed by atoms with E-state index >= 15 is 0 Å². The van der Waals surface area contributed by atoms with Gasteiger partial charge in [-0.3, -0.25) is 0 Å². The molecule has 0 aromatic rings. The van der Waals surface area contributed by atoms with Gasteiger partial charge >= 0.3 is 5.97 Å². The first-order chi connectivity index (χ1) is 7.36. The third-order valence-electron chi connectivity index (χ3n) is 2.31. The molecule has 0 fully saturated rings. The maximum absolute atomic E-state index is 11.8. The molecule has 4 nitrogen and oxygen atoms in total. The highest BCUT2D eigenvalue weighted by molar-refractivity contribution is 6.31. The highest BCUT2D eigenvalue weighted by Gasteiger charge is 2.40. The number of rotatable bonds is 3. The van der Waals surface area contributed by atoms with E-state index in [9.17, 15) is 4.79 Å². The van der Waals surface area contributed by atoms with Crippen LogP contribution in [0.3, 0.4) is 0 Å². The molecular weight excluding hydrogens is 228 g/mol. The van der Waals surface area contributed by atoms with E-state index in [4.69, 9.17) is 27.8 Å². The minimum Gasteiger partial charge on any atom is -0.464 e. The Labute approximate surface area is 100 Å². The van der Waals surface area contributed by atoms with Crippen LogP contribution < -0.4 is 11.5 Å². The van der Waals surface area contributed by atoms with Gasteiger partial charge in [0.05, 0.1) is 12.6 Å². The minimum atomic E-state index is -1.31. The molecule has 1 rings (SSSR count). The minimum absolute atomic E-state index is 0.260. The number of esters is 1. The van der Waals surface area contributed by atoms with E-state index in [1.54, 1.807) is 6.08 Å². The molecule has 90 valence electrons. The van der Waals surface area contributed by atoms with Crippen molar-refractivity contribution in [2.45, 2.75) is 25.4 Å². The van der Waals surface area contributed by atoms with Crippen LogP contribution in [0.2, 0.25) is 0 Å². The lowest BCUT2D eigenvalue weighted by Gasteiger charge is -2.30. The molecule has 1 aliphatic carbocycles. The average molecular weight is 245 g/mol. The van der Waals surface area contributed by atoms with Crippen LogP contribution in [0.5, 0.6) is 0 Å². The van der Waals surface area contributed by atoms with Crippen molar-refractivity contribution < 1.29 is 9.53 Å². The van der Waals surface area contributed by atoms with Gasteiger partial charge in [-0.2, -0.15) is 0 Å². The van der Waals surface area contributed by atoms with Crippen LogP contribution in [-0.2, 0) is 9.53 Å². The van der Waals surface area contributed by atoms with Crippen LogP contribution in [0, 0.1) is 5.92 Å². The lowest BCUT2D eigenvalue weighted by atomic mass is 9.88. The highest BCUT2D eigenvalue weighted by Crippen LogP contribution is 2.21. The molecule has 0 saturated heterocycles. The predicted molar refractivity (Wildman–Crippen MR) is 63.8 cm³/mol. The molecular formula is C11H17ClN2O2. The molecule has 0 spiro atoms. The third-order valence-corrected chi connectivity index (χ3v) is 2.56. The lowest BCUT2D eigenvalue weighted by molar-refractivity contribution is -0.149. The van der Waals surface area contributed by atoms with E-state index in [-0.39, 0.29) is 5.92 Å². The van der Waals surface area contributed by atoms with Crippen LogP contribution in [0.15, 0.2) is 23.3 Å². The second-order valence-electron chi connectivity index (χ2n) is 4.34.